The Labute approximate surface area is 79.1 Å². The van der Waals surface area contributed by atoms with Gasteiger partial charge in [-0.2, -0.15) is 11.8 Å². The minimum atomic E-state index is 0.938. The molecule has 0 aromatic rings. The molecule has 2 saturated heterocycles. The van der Waals surface area contributed by atoms with Gasteiger partial charge in [0.2, 0.25) is 0 Å². The lowest BCUT2D eigenvalue weighted by molar-refractivity contribution is 0.259. The summed E-state index contributed by atoms with van der Waals surface area (Å²) >= 11 is 2.10. The molecule has 0 aromatic carbocycles. The van der Waals surface area contributed by atoms with E-state index in [9.17, 15) is 0 Å². The van der Waals surface area contributed by atoms with Crippen molar-refractivity contribution in [2.45, 2.75) is 6.42 Å². The first-order valence-corrected chi connectivity index (χ1v) is 6.11. The minimum absolute atomic E-state index is 0.938. The maximum absolute atomic E-state index is 3.43. The number of rotatable bonds is 2. The van der Waals surface area contributed by atoms with Crippen molar-refractivity contribution in [1.29, 1.82) is 0 Å². The predicted octanol–water partition coefficient (Wildman–Crippen LogP) is 0.645. The van der Waals surface area contributed by atoms with Crippen LogP contribution in [0, 0.1) is 5.92 Å². The smallest absolute Gasteiger partial charge is 0.00728 e. The monoisotopic (exact) mass is 186 g/mol. The molecule has 2 heterocycles. The van der Waals surface area contributed by atoms with Gasteiger partial charge in [0.1, 0.15) is 0 Å². The molecule has 0 aromatic heterocycles. The summed E-state index contributed by atoms with van der Waals surface area (Å²) in [6.45, 7) is 6.48. The summed E-state index contributed by atoms with van der Waals surface area (Å²) in [5.74, 6) is 3.63. The number of hydrogen-bond donors (Lipinski definition) is 1. The van der Waals surface area contributed by atoms with Gasteiger partial charge in [0.15, 0.2) is 0 Å². The first-order chi connectivity index (χ1) is 5.95. The lowest BCUT2D eigenvalue weighted by atomic mass is 10.1. The summed E-state index contributed by atoms with van der Waals surface area (Å²) in [6, 6.07) is 0. The predicted molar refractivity (Wildman–Crippen MR) is 54.7 cm³/mol. The van der Waals surface area contributed by atoms with Gasteiger partial charge in [-0.15, -0.1) is 0 Å². The van der Waals surface area contributed by atoms with Gasteiger partial charge < -0.3 is 10.2 Å². The molecule has 1 atom stereocenters. The topological polar surface area (TPSA) is 15.3 Å². The molecule has 2 fully saturated rings. The van der Waals surface area contributed by atoms with Gasteiger partial charge >= 0.3 is 0 Å². The number of thioether (sulfide) groups is 1. The first-order valence-electron chi connectivity index (χ1n) is 4.96. The summed E-state index contributed by atoms with van der Waals surface area (Å²) in [7, 11) is 0. The maximum atomic E-state index is 3.43. The molecule has 3 heteroatoms. The van der Waals surface area contributed by atoms with Crippen molar-refractivity contribution in [3.05, 3.63) is 0 Å². The highest BCUT2D eigenvalue weighted by molar-refractivity contribution is 7.99. The quantitative estimate of drug-likeness (QED) is 0.681. The summed E-state index contributed by atoms with van der Waals surface area (Å²) < 4.78 is 0. The van der Waals surface area contributed by atoms with Crippen molar-refractivity contribution in [1.82, 2.24) is 10.2 Å². The second-order valence-electron chi connectivity index (χ2n) is 3.77. The summed E-state index contributed by atoms with van der Waals surface area (Å²) in [4.78, 5) is 2.63. The van der Waals surface area contributed by atoms with Crippen LogP contribution in [0.1, 0.15) is 6.42 Å². The van der Waals surface area contributed by atoms with E-state index >= 15 is 0 Å². The van der Waals surface area contributed by atoms with Gasteiger partial charge in [-0.3, -0.25) is 0 Å². The fourth-order valence-electron chi connectivity index (χ4n) is 2.02. The summed E-state index contributed by atoms with van der Waals surface area (Å²) in [5, 5.41) is 3.43. The lowest BCUT2D eigenvalue weighted by Crippen LogP contribution is -2.36. The van der Waals surface area contributed by atoms with Crippen LogP contribution in [0.15, 0.2) is 0 Å². The number of hydrogen-bond acceptors (Lipinski definition) is 3. The van der Waals surface area contributed by atoms with Gasteiger partial charge in [0, 0.05) is 31.1 Å². The van der Waals surface area contributed by atoms with E-state index in [1.165, 1.54) is 50.7 Å². The van der Waals surface area contributed by atoms with Crippen molar-refractivity contribution >= 4 is 11.8 Å². The molecule has 2 nitrogen and oxygen atoms in total. The molecule has 0 amide bonds. The van der Waals surface area contributed by atoms with Crippen LogP contribution >= 0.6 is 11.8 Å². The van der Waals surface area contributed by atoms with Gasteiger partial charge in [-0.05, 0) is 25.4 Å². The van der Waals surface area contributed by atoms with E-state index in [2.05, 4.69) is 22.0 Å². The Morgan fingerprint density at radius 2 is 2.17 bits per heavy atom. The van der Waals surface area contributed by atoms with Crippen LogP contribution in [-0.2, 0) is 0 Å². The van der Waals surface area contributed by atoms with E-state index in [0.29, 0.717) is 0 Å². The molecule has 12 heavy (non-hydrogen) atoms. The largest absolute Gasteiger partial charge is 0.316 e. The van der Waals surface area contributed by atoms with Crippen LogP contribution in [0.2, 0.25) is 0 Å². The van der Waals surface area contributed by atoms with E-state index in [0.717, 1.165) is 5.92 Å². The van der Waals surface area contributed by atoms with Crippen LogP contribution in [0.25, 0.3) is 0 Å². The molecule has 1 unspecified atom stereocenters. The van der Waals surface area contributed by atoms with Crippen molar-refractivity contribution in [3.8, 4) is 0 Å². The Kier molecular flexibility index (Phi) is 3.31. The highest BCUT2D eigenvalue weighted by atomic mass is 32.2. The van der Waals surface area contributed by atoms with Crippen LogP contribution in [0.3, 0.4) is 0 Å². The molecule has 2 rings (SSSR count). The zero-order valence-electron chi connectivity index (χ0n) is 7.59. The Balaban J connectivity index is 1.69. The first kappa shape index (κ1) is 8.85. The van der Waals surface area contributed by atoms with Gasteiger partial charge in [0.05, 0.1) is 0 Å². The molecular formula is C9H18N2S. The van der Waals surface area contributed by atoms with Crippen LogP contribution in [-0.4, -0.2) is 49.1 Å². The third-order valence-electron chi connectivity index (χ3n) is 2.78. The Morgan fingerprint density at radius 3 is 2.83 bits per heavy atom. The Morgan fingerprint density at radius 1 is 1.33 bits per heavy atom. The standard InChI is InChI=1S/C9H18N2S/c1-2-10-7-9(1)8-11-3-5-12-6-4-11/h9-10H,1-8H2. The summed E-state index contributed by atoms with van der Waals surface area (Å²) in [6.07, 6.45) is 1.39. The lowest BCUT2D eigenvalue weighted by Gasteiger charge is -2.28. The highest BCUT2D eigenvalue weighted by Crippen LogP contribution is 2.14. The Hall–Kier alpha value is 0.270. The second-order valence-corrected chi connectivity index (χ2v) is 5.00. The SMILES string of the molecule is C1CC(CN2CCSCC2)CN1. The van der Waals surface area contributed by atoms with E-state index in [1.54, 1.807) is 0 Å². The van der Waals surface area contributed by atoms with E-state index < -0.39 is 0 Å². The average Bonchev–Trinajstić information content (AvgIpc) is 2.59. The van der Waals surface area contributed by atoms with Gasteiger partial charge in [-0.25, -0.2) is 0 Å². The van der Waals surface area contributed by atoms with E-state index in [-0.39, 0.29) is 0 Å². The maximum Gasteiger partial charge on any atom is 0.00728 e. The number of nitrogens with zero attached hydrogens (tertiary/aromatic N) is 1. The molecule has 0 saturated carbocycles. The third kappa shape index (κ3) is 2.38. The van der Waals surface area contributed by atoms with Crippen molar-refractivity contribution in [2.75, 3.05) is 44.2 Å². The third-order valence-corrected chi connectivity index (χ3v) is 3.72. The molecule has 0 spiro atoms. The van der Waals surface area contributed by atoms with Gasteiger partial charge in [0.25, 0.3) is 0 Å². The zero-order chi connectivity index (χ0) is 8.23. The normalized spacial score (nSPS) is 32.5. The van der Waals surface area contributed by atoms with Crippen LogP contribution in [0.4, 0.5) is 0 Å². The van der Waals surface area contributed by atoms with Crippen molar-refractivity contribution < 1.29 is 0 Å². The minimum Gasteiger partial charge on any atom is -0.316 e. The molecule has 0 aliphatic carbocycles. The molecule has 0 bridgehead atoms. The highest BCUT2D eigenvalue weighted by Gasteiger charge is 2.19. The zero-order valence-corrected chi connectivity index (χ0v) is 8.41. The van der Waals surface area contributed by atoms with E-state index in [4.69, 9.17) is 0 Å². The molecular weight excluding hydrogens is 168 g/mol. The summed E-state index contributed by atoms with van der Waals surface area (Å²) in [5.41, 5.74) is 0. The van der Waals surface area contributed by atoms with Crippen LogP contribution < -0.4 is 5.32 Å². The second kappa shape index (κ2) is 4.49. The van der Waals surface area contributed by atoms with Gasteiger partial charge in [-0.1, -0.05) is 0 Å². The number of nitrogens with one attached hydrogen (secondary N) is 1. The van der Waals surface area contributed by atoms with Crippen molar-refractivity contribution in [2.24, 2.45) is 5.92 Å². The van der Waals surface area contributed by atoms with E-state index in [1.807, 2.05) is 0 Å². The van der Waals surface area contributed by atoms with Crippen LogP contribution in [0.5, 0.6) is 0 Å². The molecule has 1 N–H and O–H groups in total. The Bertz CT molecular complexity index is 128. The molecule has 2 aliphatic heterocycles. The average molecular weight is 186 g/mol. The molecule has 70 valence electrons. The molecule has 0 radical (unpaired) electrons. The molecule has 2 aliphatic rings. The fraction of sp³-hybridized carbons (Fsp3) is 1.00. The van der Waals surface area contributed by atoms with Crippen molar-refractivity contribution in [3.63, 3.8) is 0 Å². The fourth-order valence-corrected chi connectivity index (χ4v) is 3.00.